The van der Waals surface area contributed by atoms with E-state index in [0.717, 1.165) is 19.4 Å². The van der Waals surface area contributed by atoms with Crippen molar-refractivity contribution in [2.75, 3.05) is 45.9 Å². The molecule has 142 valence electrons. The van der Waals surface area contributed by atoms with Crippen molar-refractivity contribution in [3.8, 4) is 11.5 Å². The van der Waals surface area contributed by atoms with Crippen LogP contribution >= 0.6 is 0 Å². The number of fused-ring (bicyclic) bond motifs is 1. The van der Waals surface area contributed by atoms with Gasteiger partial charge >= 0.3 is 0 Å². The minimum Gasteiger partial charge on any atom is -0.486 e. The lowest BCUT2D eigenvalue weighted by Crippen LogP contribution is -2.57. The second-order valence-corrected chi connectivity index (χ2v) is 8.61. The minimum absolute atomic E-state index is 0.0364. The molecule has 1 aromatic rings. The molecule has 0 radical (unpaired) electrons. The highest BCUT2D eigenvalue weighted by atomic mass is 32.2. The second-order valence-electron chi connectivity index (χ2n) is 6.70. The second kappa shape index (κ2) is 7.05. The molecule has 1 unspecified atom stereocenters. The van der Waals surface area contributed by atoms with Crippen molar-refractivity contribution in [2.24, 2.45) is 0 Å². The number of hydrogen-bond acceptors (Lipinski definition) is 6. The number of carbonyl (C=O) groups is 1. The van der Waals surface area contributed by atoms with Crippen LogP contribution in [0.4, 0.5) is 0 Å². The molecule has 3 heterocycles. The van der Waals surface area contributed by atoms with Crippen LogP contribution < -0.4 is 14.8 Å². The van der Waals surface area contributed by atoms with Gasteiger partial charge in [-0.3, -0.25) is 4.79 Å². The summed E-state index contributed by atoms with van der Waals surface area (Å²) in [5.41, 5.74) is 0. The van der Waals surface area contributed by atoms with Gasteiger partial charge in [-0.25, -0.2) is 8.42 Å². The lowest BCUT2D eigenvalue weighted by atomic mass is 10.1. The zero-order valence-corrected chi connectivity index (χ0v) is 15.3. The molecule has 1 N–H and O–H groups in total. The van der Waals surface area contributed by atoms with Crippen molar-refractivity contribution in [1.82, 2.24) is 14.5 Å². The van der Waals surface area contributed by atoms with Crippen molar-refractivity contribution in [1.29, 1.82) is 0 Å². The number of ether oxygens (including phenoxy) is 2. The average Bonchev–Trinajstić information content (AvgIpc) is 2.68. The fourth-order valence-corrected chi connectivity index (χ4v) is 5.45. The van der Waals surface area contributed by atoms with Crippen LogP contribution in [-0.2, 0) is 14.8 Å². The Labute approximate surface area is 153 Å². The van der Waals surface area contributed by atoms with E-state index in [2.05, 4.69) is 5.32 Å². The van der Waals surface area contributed by atoms with Crippen LogP contribution in [0.5, 0.6) is 11.5 Å². The van der Waals surface area contributed by atoms with Gasteiger partial charge in [0.2, 0.25) is 15.9 Å². The van der Waals surface area contributed by atoms with Gasteiger partial charge in [0.05, 0.1) is 6.54 Å². The largest absolute Gasteiger partial charge is 0.486 e. The number of sulfonamides is 1. The fourth-order valence-electron chi connectivity index (χ4n) is 3.79. The zero-order chi connectivity index (χ0) is 18.1. The first-order chi connectivity index (χ1) is 12.6. The third-order valence-corrected chi connectivity index (χ3v) is 6.96. The molecule has 0 aromatic heterocycles. The van der Waals surface area contributed by atoms with Gasteiger partial charge in [-0.05, 0) is 25.0 Å². The Kier molecular flexibility index (Phi) is 4.76. The molecule has 0 bridgehead atoms. The molecule has 4 rings (SSSR count). The molecule has 0 aliphatic carbocycles. The number of nitrogens with one attached hydrogen (secondary N) is 1. The van der Waals surface area contributed by atoms with Crippen LogP contribution in [-0.4, -0.2) is 75.5 Å². The van der Waals surface area contributed by atoms with E-state index in [9.17, 15) is 13.2 Å². The summed E-state index contributed by atoms with van der Waals surface area (Å²) in [5.74, 6) is 0.789. The van der Waals surface area contributed by atoms with Crippen LogP contribution in [0.2, 0.25) is 0 Å². The molecule has 9 heteroatoms. The molecule has 0 saturated carbocycles. The maximum Gasteiger partial charge on any atom is 0.246 e. The molecule has 26 heavy (non-hydrogen) atoms. The Bertz CT molecular complexity index is 798. The number of piperazine rings is 1. The molecule has 1 atom stereocenters. The molecule has 0 spiro atoms. The summed E-state index contributed by atoms with van der Waals surface area (Å²) >= 11 is 0. The van der Waals surface area contributed by atoms with E-state index in [1.807, 2.05) is 4.90 Å². The van der Waals surface area contributed by atoms with E-state index in [4.69, 9.17) is 9.47 Å². The highest BCUT2D eigenvalue weighted by Gasteiger charge is 2.37. The first-order valence-corrected chi connectivity index (χ1v) is 10.4. The summed E-state index contributed by atoms with van der Waals surface area (Å²) in [7, 11) is -3.72. The minimum atomic E-state index is -3.72. The fraction of sp³-hybridized carbons (Fsp3) is 0.588. The van der Waals surface area contributed by atoms with Gasteiger partial charge in [0.25, 0.3) is 0 Å². The summed E-state index contributed by atoms with van der Waals surface area (Å²) in [6, 6.07) is 4.86. The first kappa shape index (κ1) is 17.6. The number of amides is 1. The van der Waals surface area contributed by atoms with Crippen LogP contribution in [0.3, 0.4) is 0 Å². The number of carbonyl (C=O) groups excluding carboxylic acids is 1. The van der Waals surface area contributed by atoms with Gasteiger partial charge in [0.15, 0.2) is 11.5 Å². The first-order valence-electron chi connectivity index (χ1n) is 8.96. The summed E-state index contributed by atoms with van der Waals surface area (Å²) in [6.07, 6.45) is 1.55. The van der Waals surface area contributed by atoms with E-state index in [1.165, 1.54) is 4.31 Å². The molecule has 8 nitrogen and oxygen atoms in total. The molecule has 2 saturated heterocycles. The smallest absolute Gasteiger partial charge is 0.246 e. The van der Waals surface area contributed by atoms with Gasteiger partial charge in [-0.1, -0.05) is 6.07 Å². The lowest BCUT2D eigenvalue weighted by molar-refractivity contribution is -0.135. The van der Waals surface area contributed by atoms with Crippen LogP contribution in [0.1, 0.15) is 12.8 Å². The number of rotatable bonds is 3. The quantitative estimate of drug-likeness (QED) is 0.796. The number of para-hydroxylation sites is 1. The normalized spacial score (nSPS) is 24.5. The van der Waals surface area contributed by atoms with E-state index in [1.54, 1.807) is 18.2 Å². The standard InChI is InChI=1S/C17H23N3O5S/c21-16-11-18-6-8-20(16)13-3-2-7-19(12-13)26(22,23)15-5-1-4-14-17(15)25-10-9-24-14/h1,4-5,13,18H,2-3,6-12H2. The Hall–Kier alpha value is -1.84. The number of nitrogens with zero attached hydrogens (tertiary/aromatic N) is 2. The van der Waals surface area contributed by atoms with Crippen LogP contribution in [0.15, 0.2) is 23.1 Å². The van der Waals surface area contributed by atoms with Crippen molar-refractivity contribution in [2.45, 2.75) is 23.8 Å². The SMILES string of the molecule is O=C1CNCCN1C1CCCN(S(=O)(=O)c2cccc3c2OCCO3)C1. The molecule has 1 aromatic carbocycles. The van der Waals surface area contributed by atoms with E-state index in [-0.39, 0.29) is 16.8 Å². The topological polar surface area (TPSA) is 88.2 Å². The van der Waals surface area contributed by atoms with Crippen molar-refractivity contribution < 1.29 is 22.7 Å². The highest BCUT2D eigenvalue weighted by Crippen LogP contribution is 2.38. The van der Waals surface area contributed by atoms with Gasteiger partial charge in [0, 0.05) is 32.2 Å². The summed E-state index contributed by atoms with van der Waals surface area (Å²) < 4.78 is 39.1. The lowest BCUT2D eigenvalue weighted by Gasteiger charge is -2.40. The average molecular weight is 381 g/mol. The summed E-state index contributed by atoms with van der Waals surface area (Å²) in [4.78, 5) is 14.1. The van der Waals surface area contributed by atoms with Crippen LogP contribution in [0, 0.1) is 0 Å². The predicted octanol–water partition coefficient (Wildman–Crippen LogP) is 0.0427. The number of hydrogen-bond donors (Lipinski definition) is 1. The Balaban J connectivity index is 1.59. The van der Waals surface area contributed by atoms with Crippen molar-refractivity contribution in [3.63, 3.8) is 0 Å². The number of benzene rings is 1. The molecule has 3 aliphatic heterocycles. The van der Waals surface area contributed by atoms with E-state index in [0.29, 0.717) is 50.9 Å². The van der Waals surface area contributed by atoms with Crippen LogP contribution in [0.25, 0.3) is 0 Å². The summed E-state index contributed by atoms with van der Waals surface area (Å²) in [6.45, 7) is 3.19. The third kappa shape index (κ3) is 3.15. The van der Waals surface area contributed by atoms with E-state index >= 15 is 0 Å². The van der Waals surface area contributed by atoms with Gasteiger partial charge in [-0.15, -0.1) is 0 Å². The highest BCUT2D eigenvalue weighted by molar-refractivity contribution is 7.89. The van der Waals surface area contributed by atoms with Gasteiger partial charge in [-0.2, -0.15) is 4.31 Å². The summed E-state index contributed by atoms with van der Waals surface area (Å²) in [5, 5.41) is 3.05. The Morgan fingerprint density at radius 3 is 2.85 bits per heavy atom. The molecule has 1 amide bonds. The molecular formula is C17H23N3O5S. The van der Waals surface area contributed by atoms with Crippen molar-refractivity contribution in [3.05, 3.63) is 18.2 Å². The molecule has 3 aliphatic rings. The third-order valence-electron chi connectivity index (χ3n) is 5.07. The van der Waals surface area contributed by atoms with Gasteiger partial charge in [0.1, 0.15) is 18.1 Å². The molecular weight excluding hydrogens is 358 g/mol. The van der Waals surface area contributed by atoms with Gasteiger partial charge < -0.3 is 19.7 Å². The van der Waals surface area contributed by atoms with Crippen molar-refractivity contribution >= 4 is 15.9 Å². The Morgan fingerprint density at radius 1 is 1.15 bits per heavy atom. The zero-order valence-electron chi connectivity index (χ0n) is 14.5. The Morgan fingerprint density at radius 2 is 2.00 bits per heavy atom. The maximum absolute atomic E-state index is 13.2. The van der Waals surface area contributed by atoms with E-state index < -0.39 is 10.0 Å². The molecule has 2 fully saturated rings. The monoisotopic (exact) mass is 381 g/mol. The predicted molar refractivity (Wildman–Crippen MR) is 93.8 cm³/mol. The maximum atomic E-state index is 13.2. The number of piperidine rings is 1.